The fourth-order valence-corrected chi connectivity index (χ4v) is 3.33. The Balaban J connectivity index is 1.53. The average Bonchev–Trinajstić information content (AvgIpc) is 2.94. The first-order valence-electron chi connectivity index (χ1n) is 8.43. The largest absolute Gasteiger partial charge is 0.496 e. The van der Waals surface area contributed by atoms with Crippen LogP contribution in [0.15, 0.2) is 48.5 Å². The number of carbonyl (C=O) groups is 1. The van der Waals surface area contributed by atoms with Crippen LogP contribution >= 0.6 is 0 Å². The lowest BCUT2D eigenvalue weighted by molar-refractivity contribution is -0.118. The van der Waals surface area contributed by atoms with Crippen LogP contribution in [-0.4, -0.2) is 25.6 Å². The Hall–Kier alpha value is -2.33. The number of ether oxygens (including phenoxy) is 1. The van der Waals surface area contributed by atoms with Gasteiger partial charge in [0, 0.05) is 36.8 Å². The lowest BCUT2D eigenvalue weighted by atomic mass is 10.1. The number of hydrogen-bond donors (Lipinski definition) is 1. The SMILES string of the molecule is COc1ccccc1CNCCC(=O)N1c2ccccc2CC1C. The van der Waals surface area contributed by atoms with Crippen molar-refractivity contribution in [3.05, 3.63) is 59.7 Å². The number of amides is 1. The monoisotopic (exact) mass is 324 g/mol. The number of carbonyl (C=O) groups excluding carboxylic acids is 1. The van der Waals surface area contributed by atoms with E-state index in [-0.39, 0.29) is 11.9 Å². The molecule has 1 amide bonds. The molecule has 2 aromatic carbocycles. The number of methoxy groups -OCH3 is 1. The third-order valence-electron chi connectivity index (χ3n) is 4.50. The normalized spacial score (nSPS) is 16.1. The van der Waals surface area contributed by atoms with Crippen molar-refractivity contribution in [2.24, 2.45) is 0 Å². The first-order chi connectivity index (χ1) is 11.7. The van der Waals surface area contributed by atoms with E-state index in [1.165, 1.54) is 5.56 Å². The molecule has 1 unspecified atom stereocenters. The molecule has 1 aliphatic rings. The van der Waals surface area contributed by atoms with Crippen molar-refractivity contribution in [2.75, 3.05) is 18.6 Å². The first-order valence-corrected chi connectivity index (χ1v) is 8.43. The van der Waals surface area contributed by atoms with E-state index in [2.05, 4.69) is 18.3 Å². The molecule has 126 valence electrons. The minimum absolute atomic E-state index is 0.181. The van der Waals surface area contributed by atoms with Crippen LogP contribution in [0.5, 0.6) is 5.75 Å². The second-order valence-electron chi connectivity index (χ2n) is 6.18. The molecule has 0 radical (unpaired) electrons. The van der Waals surface area contributed by atoms with Crippen LogP contribution in [-0.2, 0) is 17.8 Å². The highest BCUT2D eigenvalue weighted by Gasteiger charge is 2.29. The molecule has 1 atom stereocenters. The molecule has 2 aromatic rings. The molecule has 0 bridgehead atoms. The fraction of sp³-hybridized carbons (Fsp3) is 0.350. The Morgan fingerprint density at radius 3 is 2.79 bits per heavy atom. The predicted molar refractivity (Wildman–Crippen MR) is 96.4 cm³/mol. The molecular weight excluding hydrogens is 300 g/mol. The van der Waals surface area contributed by atoms with Crippen molar-refractivity contribution < 1.29 is 9.53 Å². The van der Waals surface area contributed by atoms with Crippen LogP contribution in [0.2, 0.25) is 0 Å². The Bertz CT molecular complexity index is 714. The number of hydrogen-bond acceptors (Lipinski definition) is 3. The van der Waals surface area contributed by atoms with E-state index >= 15 is 0 Å². The summed E-state index contributed by atoms with van der Waals surface area (Å²) in [6, 6.07) is 16.4. The zero-order chi connectivity index (χ0) is 16.9. The van der Waals surface area contributed by atoms with Gasteiger partial charge in [-0.25, -0.2) is 0 Å². The molecule has 0 spiro atoms. The van der Waals surface area contributed by atoms with Gasteiger partial charge in [0.05, 0.1) is 7.11 Å². The summed E-state index contributed by atoms with van der Waals surface area (Å²) in [4.78, 5) is 14.6. The van der Waals surface area contributed by atoms with E-state index < -0.39 is 0 Å². The highest BCUT2D eigenvalue weighted by molar-refractivity contribution is 5.96. The van der Waals surface area contributed by atoms with Crippen molar-refractivity contribution in [1.29, 1.82) is 0 Å². The molecular formula is C20H24N2O2. The van der Waals surface area contributed by atoms with Gasteiger partial charge in [0.15, 0.2) is 0 Å². The summed E-state index contributed by atoms with van der Waals surface area (Å²) >= 11 is 0. The minimum Gasteiger partial charge on any atom is -0.496 e. The van der Waals surface area contributed by atoms with E-state index in [4.69, 9.17) is 4.74 Å². The summed E-state index contributed by atoms with van der Waals surface area (Å²) in [5.74, 6) is 1.05. The summed E-state index contributed by atoms with van der Waals surface area (Å²) < 4.78 is 5.34. The zero-order valence-electron chi connectivity index (χ0n) is 14.3. The Morgan fingerprint density at radius 1 is 1.21 bits per heavy atom. The number of nitrogens with zero attached hydrogens (tertiary/aromatic N) is 1. The highest BCUT2D eigenvalue weighted by atomic mass is 16.5. The lowest BCUT2D eigenvalue weighted by Crippen LogP contribution is -2.37. The van der Waals surface area contributed by atoms with Crippen LogP contribution in [0.25, 0.3) is 0 Å². The number of fused-ring (bicyclic) bond motifs is 1. The minimum atomic E-state index is 0.181. The van der Waals surface area contributed by atoms with Gasteiger partial charge in [-0.2, -0.15) is 0 Å². The maximum Gasteiger partial charge on any atom is 0.228 e. The van der Waals surface area contributed by atoms with Gasteiger partial charge in [-0.3, -0.25) is 4.79 Å². The van der Waals surface area contributed by atoms with Gasteiger partial charge >= 0.3 is 0 Å². The smallest absolute Gasteiger partial charge is 0.228 e. The summed E-state index contributed by atoms with van der Waals surface area (Å²) in [5, 5.41) is 3.34. The second-order valence-corrected chi connectivity index (χ2v) is 6.18. The van der Waals surface area contributed by atoms with Gasteiger partial charge in [-0.1, -0.05) is 36.4 Å². The highest BCUT2D eigenvalue weighted by Crippen LogP contribution is 2.32. The lowest BCUT2D eigenvalue weighted by Gasteiger charge is -2.23. The average molecular weight is 324 g/mol. The summed E-state index contributed by atoms with van der Waals surface area (Å²) in [7, 11) is 1.68. The summed E-state index contributed by atoms with van der Waals surface area (Å²) in [6.45, 7) is 3.46. The van der Waals surface area contributed by atoms with Gasteiger partial charge < -0.3 is 15.0 Å². The van der Waals surface area contributed by atoms with E-state index in [0.29, 0.717) is 19.5 Å². The molecule has 3 rings (SSSR count). The Morgan fingerprint density at radius 2 is 1.96 bits per heavy atom. The molecule has 0 aliphatic carbocycles. The van der Waals surface area contributed by atoms with Crippen LogP contribution in [0, 0.1) is 0 Å². The van der Waals surface area contributed by atoms with E-state index in [1.54, 1.807) is 7.11 Å². The van der Waals surface area contributed by atoms with Gasteiger partial charge in [0.1, 0.15) is 5.75 Å². The molecule has 1 heterocycles. The first kappa shape index (κ1) is 16.5. The predicted octanol–water partition coefficient (Wildman–Crippen LogP) is 3.15. The molecule has 0 fully saturated rings. The van der Waals surface area contributed by atoms with Crippen LogP contribution in [0.4, 0.5) is 5.69 Å². The molecule has 24 heavy (non-hydrogen) atoms. The summed E-state index contributed by atoms with van der Waals surface area (Å²) in [5.41, 5.74) is 3.44. The zero-order valence-corrected chi connectivity index (χ0v) is 14.3. The number of benzene rings is 2. The standard InChI is InChI=1S/C20H24N2O2/c1-15-13-16-7-3-5-9-18(16)22(15)20(23)11-12-21-14-17-8-4-6-10-19(17)24-2/h3-10,15,21H,11-14H2,1-2H3. The fourth-order valence-electron chi connectivity index (χ4n) is 3.33. The third kappa shape index (κ3) is 3.44. The molecule has 4 heteroatoms. The molecule has 4 nitrogen and oxygen atoms in total. The van der Waals surface area contributed by atoms with Gasteiger partial charge in [0.2, 0.25) is 5.91 Å². The van der Waals surface area contributed by atoms with E-state index in [9.17, 15) is 4.79 Å². The van der Waals surface area contributed by atoms with Crippen molar-refractivity contribution in [3.63, 3.8) is 0 Å². The van der Waals surface area contributed by atoms with E-state index in [1.807, 2.05) is 47.4 Å². The van der Waals surface area contributed by atoms with Gasteiger partial charge in [-0.05, 0) is 31.0 Å². The van der Waals surface area contributed by atoms with Crippen molar-refractivity contribution in [2.45, 2.75) is 32.4 Å². The number of nitrogens with one attached hydrogen (secondary N) is 1. The molecule has 0 saturated carbocycles. The molecule has 0 saturated heterocycles. The van der Waals surface area contributed by atoms with E-state index in [0.717, 1.165) is 23.4 Å². The maximum atomic E-state index is 12.6. The van der Waals surface area contributed by atoms with Crippen molar-refractivity contribution in [1.82, 2.24) is 5.32 Å². The van der Waals surface area contributed by atoms with Crippen LogP contribution < -0.4 is 15.0 Å². The maximum absolute atomic E-state index is 12.6. The molecule has 1 aliphatic heterocycles. The second kappa shape index (κ2) is 7.49. The van der Waals surface area contributed by atoms with Crippen molar-refractivity contribution >= 4 is 11.6 Å². The third-order valence-corrected chi connectivity index (χ3v) is 4.50. The van der Waals surface area contributed by atoms with Gasteiger partial charge in [0.25, 0.3) is 0 Å². The van der Waals surface area contributed by atoms with Gasteiger partial charge in [-0.15, -0.1) is 0 Å². The van der Waals surface area contributed by atoms with Crippen LogP contribution in [0.1, 0.15) is 24.5 Å². The topological polar surface area (TPSA) is 41.6 Å². The molecule has 1 N–H and O–H groups in total. The molecule has 0 aromatic heterocycles. The van der Waals surface area contributed by atoms with Crippen LogP contribution in [0.3, 0.4) is 0 Å². The van der Waals surface area contributed by atoms with Crippen molar-refractivity contribution in [3.8, 4) is 5.75 Å². The quantitative estimate of drug-likeness (QED) is 0.830. The Kier molecular flexibility index (Phi) is 5.16. The Labute approximate surface area is 143 Å². The number of anilines is 1. The summed E-state index contributed by atoms with van der Waals surface area (Å²) in [6.07, 6.45) is 1.43. The number of para-hydroxylation sites is 2. The number of rotatable bonds is 6.